The third kappa shape index (κ3) is 3.63. The maximum atomic E-state index is 13.0. The highest BCUT2D eigenvalue weighted by molar-refractivity contribution is 9.10. The highest BCUT2D eigenvalue weighted by Crippen LogP contribution is 2.32. The first-order chi connectivity index (χ1) is 9.80. The Kier molecular flexibility index (Phi) is 4.69. The molecule has 0 spiro atoms. The van der Waals surface area contributed by atoms with Crippen molar-refractivity contribution in [3.63, 3.8) is 0 Å². The zero-order chi connectivity index (χ0) is 15.6. The molecule has 0 aromatic heterocycles. The fourth-order valence-corrected chi connectivity index (χ4v) is 4.77. The van der Waals surface area contributed by atoms with Gasteiger partial charge in [0.05, 0.1) is 0 Å². The molecule has 0 saturated carbocycles. The van der Waals surface area contributed by atoms with E-state index in [9.17, 15) is 4.79 Å². The van der Waals surface area contributed by atoms with Crippen molar-refractivity contribution in [2.75, 3.05) is 4.57 Å². The molecule has 2 rings (SSSR count). The number of benzene rings is 2. The molecule has 0 heterocycles. The van der Waals surface area contributed by atoms with Crippen LogP contribution in [0.15, 0.2) is 53.0 Å². The molecule has 2 aromatic carbocycles. The number of halogens is 1. The molecule has 0 N–H and O–H groups in total. The van der Waals surface area contributed by atoms with Crippen molar-refractivity contribution in [1.82, 2.24) is 0 Å². The van der Waals surface area contributed by atoms with E-state index in [1.54, 1.807) is 0 Å². The first-order valence-electron chi connectivity index (χ1n) is 6.96. The number of nitrogens with zero attached hydrogens (tertiary/aromatic N) is 1. The van der Waals surface area contributed by atoms with Crippen LogP contribution in [0.2, 0.25) is 19.6 Å². The zero-order valence-electron chi connectivity index (χ0n) is 12.9. The molecule has 0 aliphatic carbocycles. The predicted molar refractivity (Wildman–Crippen MR) is 95.5 cm³/mol. The van der Waals surface area contributed by atoms with Gasteiger partial charge in [-0.2, -0.15) is 0 Å². The average Bonchev–Trinajstić information content (AvgIpc) is 2.41. The van der Waals surface area contributed by atoms with Crippen LogP contribution in [-0.4, -0.2) is 14.1 Å². The number of aryl methyl sites for hydroxylation is 1. The van der Waals surface area contributed by atoms with Gasteiger partial charge in [0.2, 0.25) is 5.91 Å². The SMILES string of the molecule is Cc1ccc(N(C(=O)c2ccccc2)[Si](C)(C)C)c(Br)c1. The van der Waals surface area contributed by atoms with Crippen LogP contribution in [0.25, 0.3) is 0 Å². The number of hydrogen-bond donors (Lipinski definition) is 0. The fraction of sp³-hybridized carbons (Fsp3) is 0.235. The van der Waals surface area contributed by atoms with Gasteiger partial charge in [0.25, 0.3) is 0 Å². The van der Waals surface area contributed by atoms with Crippen LogP contribution in [0.3, 0.4) is 0 Å². The lowest BCUT2D eigenvalue weighted by Crippen LogP contribution is -2.50. The molecule has 1 amide bonds. The molecule has 21 heavy (non-hydrogen) atoms. The van der Waals surface area contributed by atoms with Crippen LogP contribution in [0, 0.1) is 6.92 Å². The van der Waals surface area contributed by atoms with Crippen LogP contribution in [-0.2, 0) is 0 Å². The van der Waals surface area contributed by atoms with Crippen LogP contribution in [0.4, 0.5) is 5.69 Å². The second-order valence-electron chi connectivity index (χ2n) is 6.13. The van der Waals surface area contributed by atoms with Gasteiger partial charge in [0, 0.05) is 15.7 Å². The van der Waals surface area contributed by atoms with Gasteiger partial charge < -0.3 is 4.57 Å². The summed E-state index contributed by atoms with van der Waals surface area (Å²) in [5.74, 6) is 0.0688. The number of anilines is 1. The molecule has 0 atom stereocenters. The number of amides is 1. The second-order valence-corrected chi connectivity index (χ2v) is 11.8. The summed E-state index contributed by atoms with van der Waals surface area (Å²) in [4.78, 5) is 13.0. The molecule has 0 aliphatic heterocycles. The predicted octanol–water partition coefficient (Wildman–Crippen LogP) is 5.24. The summed E-state index contributed by atoms with van der Waals surface area (Å²) in [5.41, 5.74) is 2.86. The molecule has 0 fully saturated rings. The summed E-state index contributed by atoms with van der Waals surface area (Å²) >= 11 is 3.61. The fourth-order valence-electron chi connectivity index (χ4n) is 2.28. The van der Waals surface area contributed by atoms with E-state index in [-0.39, 0.29) is 5.91 Å². The van der Waals surface area contributed by atoms with E-state index in [1.807, 2.05) is 54.0 Å². The summed E-state index contributed by atoms with van der Waals surface area (Å²) < 4.78 is 2.94. The standard InChI is InChI=1S/C17H20BrNOSi/c1-13-10-11-16(15(18)12-13)19(21(2,3)4)17(20)14-8-6-5-7-9-14/h5-12H,1-4H3. The summed E-state index contributed by atoms with van der Waals surface area (Å²) in [6.45, 7) is 8.59. The van der Waals surface area contributed by atoms with Gasteiger partial charge in [-0.3, -0.25) is 4.79 Å². The molecule has 110 valence electrons. The first-order valence-corrected chi connectivity index (χ1v) is 11.2. The Morgan fingerprint density at radius 1 is 1.05 bits per heavy atom. The maximum absolute atomic E-state index is 13.0. The van der Waals surface area contributed by atoms with E-state index >= 15 is 0 Å². The molecule has 4 heteroatoms. The molecule has 0 unspecified atom stereocenters. The van der Waals surface area contributed by atoms with Crippen LogP contribution in [0.1, 0.15) is 15.9 Å². The minimum absolute atomic E-state index is 0.0688. The van der Waals surface area contributed by atoms with Crippen molar-refractivity contribution >= 4 is 35.8 Å². The number of hydrogen-bond acceptors (Lipinski definition) is 1. The minimum Gasteiger partial charge on any atom is -0.336 e. The lowest BCUT2D eigenvalue weighted by Gasteiger charge is -2.35. The van der Waals surface area contributed by atoms with Gasteiger partial charge in [-0.15, -0.1) is 0 Å². The van der Waals surface area contributed by atoms with Crippen molar-refractivity contribution in [2.45, 2.75) is 26.6 Å². The summed E-state index contributed by atoms with van der Waals surface area (Å²) in [7, 11) is -1.87. The Hall–Kier alpha value is -1.39. The van der Waals surface area contributed by atoms with Gasteiger partial charge in [-0.25, -0.2) is 0 Å². The topological polar surface area (TPSA) is 20.3 Å². The highest BCUT2D eigenvalue weighted by Gasteiger charge is 2.32. The maximum Gasteiger partial charge on any atom is 0.250 e. The Morgan fingerprint density at radius 2 is 1.67 bits per heavy atom. The summed E-state index contributed by atoms with van der Waals surface area (Å²) in [6, 6.07) is 15.6. The van der Waals surface area contributed by atoms with E-state index in [0.717, 1.165) is 15.7 Å². The lowest BCUT2D eigenvalue weighted by molar-refractivity contribution is 0.100. The van der Waals surface area contributed by atoms with Crippen molar-refractivity contribution < 1.29 is 4.79 Å². The molecule has 0 radical (unpaired) electrons. The van der Waals surface area contributed by atoms with E-state index in [4.69, 9.17) is 0 Å². The smallest absolute Gasteiger partial charge is 0.250 e. The summed E-state index contributed by atoms with van der Waals surface area (Å²) in [5, 5.41) is 0. The van der Waals surface area contributed by atoms with Crippen LogP contribution in [0.5, 0.6) is 0 Å². The molecule has 0 saturated heterocycles. The normalized spacial score (nSPS) is 11.3. The van der Waals surface area contributed by atoms with Crippen molar-refractivity contribution in [2.24, 2.45) is 0 Å². The third-order valence-corrected chi connectivity index (χ3v) is 5.66. The Bertz CT molecular complexity index is 650. The van der Waals surface area contributed by atoms with Crippen LogP contribution >= 0.6 is 15.9 Å². The Labute approximate surface area is 136 Å². The van der Waals surface area contributed by atoms with E-state index in [0.29, 0.717) is 0 Å². The lowest BCUT2D eigenvalue weighted by atomic mass is 10.2. The van der Waals surface area contributed by atoms with E-state index < -0.39 is 8.24 Å². The molecule has 2 nitrogen and oxygen atoms in total. The Balaban J connectivity index is 2.52. The third-order valence-electron chi connectivity index (χ3n) is 3.24. The van der Waals surface area contributed by atoms with Gasteiger partial charge in [-0.05, 0) is 52.7 Å². The largest absolute Gasteiger partial charge is 0.336 e. The number of carbonyl (C=O) groups is 1. The molecule has 0 bridgehead atoms. The van der Waals surface area contributed by atoms with E-state index in [1.165, 1.54) is 5.56 Å². The quantitative estimate of drug-likeness (QED) is 0.684. The monoisotopic (exact) mass is 361 g/mol. The number of carbonyl (C=O) groups excluding carboxylic acids is 1. The van der Waals surface area contributed by atoms with Crippen molar-refractivity contribution in [3.8, 4) is 0 Å². The van der Waals surface area contributed by atoms with Crippen molar-refractivity contribution in [1.29, 1.82) is 0 Å². The van der Waals surface area contributed by atoms with E-state index in [2.05, 4.69) is 41.6 Å². The Morgan fingerprint density at radius 3 is 2.19 bits per heavy atom. The molecular weight excluding hydrogens is 342 g/mol. The van der Waals surface area contributed by atoms with Gasteiger partial charge in [0.1, 0.15) is 0 Å². The van der Waals surface area contributed by atoms with Gasteiger partial charge in [0.15, 0.2) is 8.24 Å². The zero-order valence-corrected chi connectivity index (χ0v) is 15.4. The van der Waals surface area contributed by atoms with Crippen LogP contribution < -0.4 is 4.57 Å². The molecular formula is C17H20BrNOSi. The first kappa shape index (κ1) is 16.0. The molecule has 0 aliphatic rings. The molecule has 2 aromatic rings. The van der Waals surface area contributed by atoms with Crippen molar-refractivity contribution in [3.05, 3.63) is 64.1 Å². The highest BCUT2D eigenvalue weighted by atomic mass is 79.9. The average molecular weight is 362 g/mol. The summed E-state index contributed by atoms with van der Waals surface area (Å²) in [6.07, 6.45) is 0. The second kappa shape index (κ2) is 6.16. The van der Waals surface area contributed by atoms with Gasteiger partial charge >= 0.3 is 0 Å². The van der Waals surface area contributed by atoms with Gasteiger partial charge in [-0.1, -0.05) is 43.9 Å². The number of rotatable bonds is 3. The minimum atomic E-state index is -1.87.